The minimum absolute atomic E-state index is 0.119. The van der Waals surface area contributed by atoms with Crippen molar-refractivity contribution in [3.8, 4) is 17.1 Å². The molecule has 7 heteroatoms. The minimum Gasteiger partial charge on any atom is -0.481 e. The summed E-state index contributed by atoms with van der Waals surface area (Å²) in [5, 5.41) is 4.64. The molecular formula is C24H26ClN3O3. The van der Waals surface area contributed by atoms with Crippen LogP contribution in [0.15, 0.2) is 47.0 Å². The second-order valence-electron chi connectivity index (χ2n) is 7.87. The number of ether oxygens (including phenoxy) is 1. The van der Waals surface area contributed by atoms with Crippen molar-refractivity contribution in [2.24, 2.45) is 0 Å². The molecule has 0 saturated heterocycles. The van der Waals surface area contributed by atoms with Gasteiger partial charge in [0.2, 0.25) is 11.7 Å². The van der Waals surface area contributed by atoms with Gasteiger partial charge in [-0.1, -0.05) is 29.7 Å². The number of carbonyl (C=O) groups excluding carboxylic acids is 1. The number of benzene rings is 2. The van der Waals surface area contributed by atoms with Crippen molar-refractivity contribution in [3.63, 3.8) is 0 Å². The molecular weight excluding hydrogens is 414 g/mol. The van der Waals surface area contributed by atoms with Crippen LogP contribution in [0.3, 0.4) is 0 Å². The van der Waals surface area contributed by atoms with Gasteiger partial charge in [-0.25, -0.2) is 0 Å². The van der Waals surface area contributed by atoms with Crippen molar-refractivity contribution in [2.75, 3.05) is 7.05 Å². The van der Waals surface area contributed by atoms with Crippen molar-refractivity contribution in [1.29, 1.82) is 0 Å². The Hall–Kier alpha value is -2.86. The second-order valence-corrected chi connectivity index (χ2v) is 8.30. The fourth-order valence-electron chi connectivity index (χ4n) is 3.82. The van der Waals surface area contributed by atoms with E-state index >= 15 is 0 Å². The Bertz CT molecular complexity index is 1050. The lowest BCUT2D eigenvalue weighted by Gasteiger charge is -2.24. The van der Waals surface area contributed by atoms with Crippen LogP contribution in [-0.2, 0) is 24.2 Å². The Morgan fingerprint density at radius 3 is 2.65 bits per heavy atom. The number of aryl methyl sites for hydroxylation is 2. The number of hydrogen-bond donors (Lipinski definition) is 0. The van der Waals surface area contributed by atoms with Crippen molar-refractivity contribution >= 4 is 17.5 Å². The zero-order valence-electron chi connectivity index (χ0n) is 17.8. The Balaban J connectivity index is 1.40. The topological polar surface area (TPSA) is 68.5 Å². The maximum absolute atomic E-state index is 13.0. The number of fused-ring (bicyclic) bond motifs is 1. The zero-order valence-corrected chi connectivity index (χ0v) is 18.6. The summed E-state index contributed by atoms with van der Waals surface area (Å²) in [5.74, 6) is 1.46. The van der Waals surface area contributed by atoms with E-state index < -0.39 is 6.10 Å². The minimum atomic E-state index is -0.565. The van der Waals surface area contributed by atoms with Gasteiger partial charge in [0.1, 0.15) is 5.75 Å². The lowest BCUT2D eigenvalue weighted by atomic mass is 9.92. The molecule has 1 atom stereocenters. The molecule has 3 aromatic rings. The summed E-state index contributed by atoms with van der Waals surface area (Å²) in [6.45, 7) is 2.16. The summed E-state index contributed by atoms with van der Waals surface area (Å²) in [4.78, 5) is 18.9. The lowest BCUT2D eigenvalue weighted by molar-refractivity contribution is -0.138. The highest BCUT2D eigenvalue weighted by molar-refractivity contribution is 6.30. The first-order valence-corrected chi connectivity index (χ1v) is 11.0. The maximum Gasteiger partial charge on any atom is 0.263 e. The number of halogens is 1. The Labute approximate surface area is 187 Å². The van der Waals surface area contributed by atoms with E-state index in [1.807, 2.05) is 25.1 Å². The lowest BCUT2D eigenvalue weighted by Crippen LogP contribution is -2.39. The van der Waals surface area contributed by atoms with Crippen LogP contribution >= 0.6 is 11.6 Å². The van der Waals surface area contributed by atoms with Crippen molar-refractivity contribution in [3.05, 3.63) is 64.5 Å². The quantitative estimate of drug-likeness (QED) is 0.513. The summed E-state index contributed by atoms with van der Waals surface area (Å²) in [6, 6.07) is 13.4. The number of hydrogen-bond acceptors (Lipinski definition) is 5. The van der Waals surface area contributed by atoms with Crippen LogP contribution in [-0.4, -0.2) is 34.1 Å². The van der Waals surface area contributed by atoms with E-state index in [4.69, 9.17) is 20.9 Å². The predicted molar refractivity (Wildman–Crippen MR) is 119 cm³/mol. The zero-order chi connectivity index (χ0) is 21.8. The van der Waals surface area contributed by atoms with Crippen LogP contribution in [0.25, 0.3) is 11.4 Å². The van der Waals surface area contributed by atoms with Gasteiger partial charge in [-0.2, -0.15) is 4.98 Å². The highest BCUT2D eigenvalue weighted by atomic mass is 35.5. The molecule has 162 valence electrons. The molecule has 0 bridgehead atoms. The second kappa shape index (κ2) is 9.52. The van der Waals surface area contributed by atoms with Gasteiger partial charge in [-0.3, -0.25) is 4.79 Å². The average molecular weight is 440 g/mol. The molecule has 0 radical (unpaired) electrons. The van der Waals surface area contributed by atoms with Crippen LogP contribution < -0.4 is 4.74 Å². The summed E-state index contributed by atoms with van der Waals surface area (Å²) >= 11 is 5.92. The largest absolute Gasteiger partial charge is 0.481 e. The van der Waals surface area contributed by atoms with Gasteiger partial charge in [0.15, 0.2) is 6.10 Å². The van der Waals surface area contributed by atoms with E-state index in [9.17, 15) is 4.79 Å². The summed E-state index contributed by atoms with van der Waals surface area (Å²) < 4.78 is 11.4. The van der Waals surface area contributed by atoms with E-state index in [-0.39, 0.29) is 12.5 Å². The molecule has 0 N–H and O–H groups in total. The average Bonchev–Trinajstić information content (AvgIpc) is 3.25. The molecule has 1 aromatic heterocycles. The number of carbonyl (C=O) groups is 1. The third kappa shape index (κ3) is 5.07. The van der Waals surface area contributed by atoms with Crippen LogP contribution in [0.5, 0.6) is 5.75 Å². The number of rotatable bonds is 7. The Morgan fingerprint density at radius 2 is 1.90 bits per heavy atom. The fraction of sp³-hybridized carbons (Fsp3) is 0.375. The van der Waals surface area contributed by atoms with Gasteiger partial charge in [0.25, 0.3) is 5.91 Å². The number of aromatic nitrogens is 2. The van der Waals surface area contributed by atoms with Gasteiger partial charge < -0.3 is 14.2 Å². The molecule has 6 nitrogen and oxygen atoms in total. The molecule has 4 rings (SSSR count). The standard InChI is InChI=1S/C24H26ClN3O3/c1-3-21(30-20-13-10-16-6-4-5-7-18(16)14-20)24(29)28(2)15-22-26-23(27-31-22)17-8-11-19(25)12-9-17/h8-14,21H,3-7,15H2,1-2H3/t21-/m0/s1. The van der Waals surface area contributed by atoms with E-state index in [0.29, 0.717) is 23.2 Å². The molecule has 1 aliphatic carbocycles. The fourth-order valence-corrected chi connectivity index (χ4v) is 3.94. The van der Waals surface area contributed by atoms with Gasteiger partial charge in [0, 0.05) is 17.6 Å². The Kier molecular flexibility index (Phi) is 6.56. The summed E-state index contributed by atoms with van der Waals surface area (Å²) in [7, 11) is 1.72. The maximum atomic E-state index is 13.0. The van der Waals surface area contributed by atoms with E-state index in [2.05, 4.69) is 22.3 Å². The highest BCUT2D eigenvalue weighted by Crippen LogP contribution is 2.26. The Morgan fingerprint density at radius 1 is 1.16 bits per heavy atom. The van der Waals surface area contributed by atoms with Gasteiger partial charge in [-0.15, -0.1) is 0 Å². The third-order valence-electron chi connectivity index (χ3n) is 5.56. The predicted octanol–water partition coefficient (Wildman–Crippen LogP) is 5.08. The van der Waals surface area contributed by atoms with Gasteiger partial charge >= 0.3 is 0 Å². The van der Waals surface area contributed by atoms with Crippen LogP contribution in [0.4, 0.5) is 0 Å². The molecule has 0 spiro atoms. The molecule has 2 aromatic carbocycles. The van der Waals surface area contributed by atoms with Gasteiger partial charge in [-0.05, 0) is 79.6 Å². The molecule has 1 heterocycles. The molecule has 31 heavy (non-hydrogen) atoms. The van der Waals surface area contributed by atoms with Gasteiger partial charge in [0.05, 0.1) is 6.54 Å². The van der Waals surface area contributed by atoms with Crippen molar-refractivity contribution < 1.29 is 14.1 Å². The van der Waals surface area contributed by atoms with Crippen LogP contribution in [0.2, 0.25) is 5.02 Å². The number of nitrogens with zero attached hydrogens (tertiary/aromatic N) is 3. The number of likely N-dealkylation sites (N-methyl/N-ethyl adjacent to an activating group) is 1. The summed E-state index contributed by atoms with van der Waals surface area (Å²) in [6.07, 6.45) is 4.65. The van der Waals surface area contributed by atoms with Crippen LogP contribution in [0, 0.1) is 0 Å². The third-order valence-corrected chi connectivity index (χ3v) is 5.82. The molecule has 1 amide bonds. The molecule has 0 aliphatic heterocycles. The van der Waals surface area contributed by atoms with E-state index in [0.717, 1.165) is 24.2 Å². The summed E-state index contributed by atoms with van der Waals surface area (Å²) in [5.41, 5.74) is 3.53. The monoisotopic (exact) mass is 439 g/mol. The molecule has 0 saturated carbocycles. The molecule has 1 aliphatic rings. The van der Waals surface area contributed by atoms with Crippen molar-refractivity contribution in [1.82, 2.24) is 15.0 Å². The number of amides is 1. The molecule has 0 unspecified atom stereocenters. The first-order valence-electron chi connectivity index (χ1n) is 10.7. The molecule has 0 fully saturated rings. The van der Waals surface area contributed by atoms with E-state index in [1.54, 1.807) is 24.1 Å². The first-order chi connectivity index (χ1) is 15.0. The van der Waals surface area contributed by atoms with E-state index in [1.165, 1.54) is 24.0 Å². The first kappa shape index (κ1) is 21.4. The van der Waals surface area contributed by atoms with Crippen molar-refractivity contribution in [2.45, 2.75) is 51.7 Å². The smallest absolute Gasteiger partial charge is 0.263 e. The highest BCUT2D eigenvalue weighted by Gasteiger charge is 2.24. The van der Waals surface area contributed by atoms with Crippen LogP contribution in [0.1, 0.15) is 43.2 Å². The SMILES string of the molecule is CC[C@H](Oc1ccc2c(c1)CCCC2)C(=O)N(C)Cc1nc(-c2ccc(Cl)cc2)no1. The normalized spacial score (nSPS) is 14.0.